The zero-order valence-electron chi connectivity index (χ0n) is 12.5. The molecule has 1 aliphatic heterocycles. The summed E-state index contributed by atoms with van der Waals surface area (Å²) in [6, 6.07) is 5.68. The van der Waals surface area contributed by atoms with Crippen molar-refractivity contribution in [1.29, 1.82) is 0 Å². The summed E-state index contributed by atoms with van der Waals surface area (Å²) >= 11 is 0. The molecule has 3 rings (SSSR count). The van der Waals surface area contributed by atoms with E-state index < -0.39 is 11.4 Å². The minimum Gasteiger partial charge on any atom is -0.497 e. The van der Waals surface area contributed by atoms with E-state index in [-0.39, 0.29) is 18.6 Å². The van der Waals surface area contributed by atoms with E-state index >= 15 is 0 Å². The number of fused-ring (bicyclic) bond motifs is 4. The van der Waals surface area contributed by atoms with Crippen LogP contribution in [0.4, 0.5) is 0 Å². The molecule has 0 N–H and O–H groups in total. The summed E-state index contributed by atoms with van der Waals surface area (Å²) in [4.78, 5) is 27.0. The molecule has 1 heterocycles. The van der Waals surface area contributed by atoms with Crippen LogP contribution >= 0.6 is 0 Å². The third-order valence-corrected chi connectivity index (χ3v) is 4.63. The van der Waals surface area contributed by atoms with E-state index in [4.69, 9.17) is 9.47 Å². The highest BCUT2D eigenvalue weighted by atomic mass is 16.5. The number of methoxy groups -OCH3 is 1. The van der Waals surface area contributed by atoms with Crippen molar-refractivity contribution in [2.45, 2.75) is 31.2 Å². The smallest absolute Gasteiger partial charge is 0.326 e. The summed E-state index contributed by atoms with van der Waals surface area (Å²) < 4.78 is 10.5. The van der Waals surface area contributed by atoms with Crippen LogP contribution < -0.4 is 4.74 Å². The number of ether oxygens (including phenoxy) is 2. The van der Waals surface area contributed by atoms with Crippen molar-refractivity contribution in [1.82, 2.24) is 4.90 Å². The Hall–Kier alpha value is -2.04. The lowest BCUT2D eigenvalue weighted by molar-refractivity contribution is -0.154. The Morgan fingerprint density at radius 3 is 2.90 bits per heavy atom. The molecule has 2 atom stereocenters. The number of hydrogen-bond donors (Lipinski definition) is 0. The van der Waals surface area contributed by atoms with Crippen LogP contribution in [0, 0.1) is 0 Å². The molecule has 1 saturated heterocycles. The molecule has 21 heavy (non-hydrogen) atoms. The summed E-state index contributed by atoms with van der Waals surface area (Å²) in [5.74, 6) is 0.0368. The van der Waals surface area contributed by atoms with Crippen molar-refractivity contribution in [3.8, 4) is 5.75 Å². The van der Waals surface area contributed by atoms with Gasteiger partial charge in [0.05, 0.1) is 13.7 Å². The fourth-order valence-electron chi connectivity index (χ4n) is 3.53. The fraction of sp³-hybridized carbons (Fsp3) is 0.500. The van der Waals surface area contributed by atoms with Crippen LogP contribution in [-0.4, -0.2) is 43.6 Å². The molecule has 5 nitrogen and oxygen atoms in total. The Balaban J connectivity index is 2.20. The summed E-state index contributed by atoms with van der Waals surface area (Å²) in [6.45, 7) is 2.02. The van der Waals surface area contributed by atoms with Gasteiger partial charge in [0.25, 0.3) is 0 Å². The second-order valence-electron chi connectivity index (χ2n) is 5.63. The van der Waals surface area contributed by atoms with Crippen LogP contribution in [0.15, 0.2) is 18.2 Å². The Morgan fingerprint density at radius 1 is 1.48 bits per heavy atom. The lowest BCUT2D eigenvalue weighted by atomic mass is 9.71. The molecule has 1 fully saturated rings. The van der Waals surface area contributed by atoms with E-state index in [9.17, 15) is 9.59 Å². The number of amides is 1. The van der Waals surface area contributed by atoms with Crippen LogP contribution in [0.2, 0.25) is 0 Å². The van der Waals surface area contributed by atoms with Gasteiger partial charge in [0.1, 0.15) is 5.75 Å². The first-order valence-electron chi connectivity index (χ1n) is 7.16. The highest BCUT2D eigenvalue weighted by molar-refractivity contribution is 6.11. The first-order chi connectivity index (χ1) is 10.0. The molecule has 0 unspecified atom stereocenters. The number of carbonyl (C=O) groups is 2. The molecule has 112 valence electrons. The van der Waals surface area contributed by atoms with Crippen molar-refractivity contribution in [2.75, 3.05) is 20.8 Å². The summed E-state index contributed by atoms with van der Waals surface area (Å²) in [6.07, 6.45) is 1.25. The second-order valence-corrected chi connectivity index (χ2v) is 5.63. The Kier molecular flexibility index (Phi) is 3.15. The number of esters is 1. The molecule has 2 bridgehead atoms. The maximum atomic E-state index is 12.8. The van der Waals surface area contributed by atoms with Crippen LogP contribution in [0.25, 0.3) is 0 Å². The van der Waals surface area contributed by atoms with Gasteiger partial charge in [-0.1, -0.05) is 6.07 Å². The normalized spacial score (nSPS) is 26.5. The van der Waals surface area contributed by atoms with Crippen molar-refractivity contribution in [2.24, 2.45) is 0 Å². The molecule has 2 aliphatic rings. The number of rotatable bonds is 3. The Morgan fingerprint density at radius 2 is 2.24 bits per heavy atom. The third kappa shape index (κ3) is 1.76. The van der Waals surface area contributed by atoms with Gasteiger partial charge in [0, 0.05) is 13.1 Å². The fourth-order valence-corrected chi connectivity index (χ4v) is 3.53. The zero-order valence-corrected chi connectivity index (χ0v) is 12.5. The van der Waals surface area contributed by atoms with Crippen LogP contribution in [0.1, 0.15) is 24.5 Å². The van der Waals surface area contributed by atoms with Gasteiger partial charge in [-0.15, -0.1) is 0 Å². The standard InChI is InChI=1S/C16H19NO4/c1-4-21-15(19)16-9-11(17(2)14(16)18)7-10-5-6-12(20-3)8-13(10)16/h5-6,8,11H,4,7,9H2,1-3H3/t11-,16+/m1/s1. The quantitative estimate of drug-likeness (QED) is 0.621. The van der Waals surface area contributed by atoms with E-state index in [1.165, 1.54) is 0 Å². The highest BCUT2D eigenvalue weighted by Gasteiger charge is 2.61. The van der Waals surface area contributed by atoms with Gasteiger partial charge in [-0.25, -0.2) is 0 Å². The van der Waals surface area contributed by atoms with Gasteiger partial charge >= 0.3 is 5.97 Å². The van der Waals surface area contributed by atoms with E-state index in [1.807, 2.05) is 12.1 Å². The van der Waals surface area contributed by atoms with Crippen molar-refractivity contribution in [3.05, 3.63) is 29.3 Å². The topological polar surface area (TPSA) is 55.8 Å². The monoisotopic (exact) mass is 289 g/mol. The maximum Gasteiger partial charge on any atom is 0.326 e. The molecule has 1 aliphatic carbocycles. The number of nitrogens with zero attached hydrogens (tertiary/aromatic N) is 1. The number of likely N-dealkylation sites (tertiary alicyclic amines) is 1. The Labute approximate surface area is 123 Å². The first-order valence-corrected chi connectivity index (χ1v) is 7.16. The molecule has 1 aromatic carbocycles. The van der Waals surface area contributed by atoms with E-state index in [0.29, 0.717) is 12.2 Å². The minimum atomic E-state index is -1.20. The molecule has 1 amide bonds. The van der Waals surface area contributed by atoms with Gasteiger partial charge in [-0.3, -0.25) is 9.59 Å². The second kappa shape index (κ2) is 4.76. The van der Waals surface area contributed by atoms with Gasteiger partial charge in [-0.2, -0.15) is 0 Å². The van der Waals surface area contributed by atoms with Crippen molar-refractivity contribution < 1.29 is 19.1 Å². The van der Waals surface area contributed by atoms with Gasteiger partial charge < -0.3 is 14.4 Å². The lowest BCUT2D eigenvalue weighted by Crippen LogP contribution is -2.45. The molecular weight excluding hydrogens is 270 g/mol. The van der Waals surface area contributed by atoms with Crippen molar-refractivity contribution in [3.63, 3.8) is 0 Å². The van der Waals surface area contributed by atoms with Gasteiger partial charge in [0.2, 0.25) is 5.91 Å². The maximum absolute atomic E-state index is 12.8. The first kappa shape index (κ1) is 13.9. The van der Waals surface area contributed by atoms with Gasteiger partial charge in [0.15, 0.2) is 5.41 Å². The SMILES string of the molecule is CCOC(=O)[C@@]12C[C@@H](Cc3ccc(OC)cc31)N(C)C2=O. The zero-order chi connectivity index (χ0) is 15.2. The van der Waals surface area contributed by atoms with Gasteiger partial charge in [-0.05, 0) is 43.0 Å². The predicted molar refractivity (Wildman–Crippen MR) is 76.2 cm³/mol. The number of likely N-dealkylation sites (N-methyl/N-ethyl adjacent to an activating group) is 1. The molecule has 0 spiro atoms. The number of carbonyl (C=O) groups excluding carboxylic acids is 2. The molecular formula is C16H19NO4. The van der Waals surface area contributed by atoms with E-state index in [2.05, 4.69) is 0 Å². The molecule has 1 aromatic rings. The Bertz CT molecular complexity index is 612. The average molecular weight is 289 g/mol. The minimum absolute atomic E-state index is 0.0581. The summed E-state index contributed by atoms with van der Waals surface area (Å²) in [7, 11) is 3.34. The molecule has 0 aromatic heterocycles. The molecule has 0 radical (unpaired) electrons. The lowest BCUT2D eigenvalue weighted by Gasteiger charge is -2.30. The summed E-state index contributed by atoms with van der Waals surface area (Å²) in [5.41, 5.74) is 0.570. The number of benzene rings is 1. The highest BCUT2D eigenvalue weighted by Crippen LogP contribution is 2.47. The summed E-state index contributed by atoms with van der Waals surface area (Å²) in [5, 5.41) is 0. The van der Waals surface area contributed by atoms with Crippen molar-refractivity contribution >= 4 is 11.9 Å². The molecule has 0 saturated carbocycles. The predicted octanol–water partition coefficient (Wildman–Crippen LogP) is 1.28. The third-order valence-electron chi connectivity index (χ3n) is 4.63. The number of hydrogen-bond acceptors (Lipinski definition) is 4. The largest absolute Gasteiger partial charge is 0.497 e. The van der Waals surface area contributed by atoms with Crippen LogP contribution in [0.3, 0.4) is 0 Å². The average Bonchev–Trinajstić information content (AvgIpc) is 2.70. The van der Waals surface area contributed by atoms with Crippen LogP contribution in [-0.2, 0) is 26.2 Å². The molecule has 5 heteroatoms. The van der Waals surface area contributed by atoms with E-state index in [0.717, 1.165) is 17.5 Å². The van der Waals surface area contributed by atoms with E-state index in [1.54, 1.807) is 32.0 Å². The van der Waals surface area contributed by atoms with Crippen LogP contribution in [0.5, 0.6) is 5.75 Å².